The predicted octanol–water partition coefficient (Wildman–Crippen LogP) is 0.946. The van der Waals surface area contributed by atoms with E-state index in [4.69, 9.17) is 9.84 Å². The third kappa shape index (κ3) is 10.8. The van der Waals surface area contributed by atoms with Crippen molar-refractivity contribution in [2.24, 2.45) is 0 Å². The first kappa shape index (κ1) is 13.9. The average molecular weight is 218 g/mol. The van der Waals surface area contributed by atoms with Gasteiger partial charge in [0.15, 0.2) is 0 Å². The molecule has 0 aliphatic heterocycles. The van der Waals surface area contributed by atoms with Gasteiger partial charge in [-0.2, -0.15) is 0 Å². The number of rotatable bonds is 8. The SMILES string of the molecule is CC(=O)OCCCCCC(O)CC(=O)O. The second-order valence-electron chi connectivity index (χ2n) is 3.44. The van der Waals surface area contributed by atoms with Crippen molar-refractivity contribution in [1.82, 2.24) is 0 Å². The zero-order chi connectivity index (χ0) is 11.7. The molecule has 5 nitrogen and oxygen atoms in total. The fourth-order valence-corrected chi connectivity index (χ4v) is 1.18. The van der Waals surface area contributed by atoms with Crippen LogP contribution < -0.4 is 0 Å². The number of carbonyl (C=O) groups is 2. The smallest absolute Gasteiger partial charge is 0.305 e. The molecule has 0 saturated carbocycles. The van der Waals surface area contributed by atoms with E-state index in [-0.39, 0.29) is 12.4 Å². The summed E-state index contributed by atoms with van der Waals surface area (Å²) in [5.41, 5.74) is 0. The Labute approximate surface area is 89.0 Å². The van der Waals surface area contributed by atoms with Crippen LogP contribution in [0.4, 0.5) is 0 Å². The number of unbranched alkanes of at least 4 members (excludes halogenated alkanes) is 2. The molecule has 0 aliphatic rings. The van der Waals surface area contributed by atoms with E-state index in [0.29, 0.717) is 13.0 Å². The summed E-state index contributed by atoms with van der Waals surface area (Å²) >= 11 is 0. The molecule has 88 valence electrons. The van der Waals surface area contributed by atoms with Gasteiger partial charge in [-0.1, -0.05) is 6.42 Å². The zero-order valence-corrected chi connectivity index (χ0v) is 8.94. The van der Waals surface area contributed by atoms with E-state index in [1.807, 2.05) is 0 Å². The summed E-state index contributed by atoms with van der Waals surface area (Å²) in [6, 6.07) is 0. The Bertz CT molecular complexity index is 202. The van der Waals surface area contributed by atoms with Crippen LogP contribution in [0.1, 0.15) is 39.0 Å². The Morgan fingerprint density at radius 3 is 2.47 bits per heavy atom. The summed E-state index contributed by atoms with van der Waals surface area (Å²) in [5.74, 6) is -1.27. The molecule has 1 atom stereocenters. The molecule has 0 aromatic heterocycles. The van der Waals surface area contributed by atoms with Crippen molar-refractivity contribution >= 4 is 11.9 Å². The molecule has 0 fully saturated rings. The number of carboxylic acid groups (broad SMARTS) is 1. The molecular weight excluding hydrogens is 200 g/mol. The van der Waals surface area contributed by atoms with Crippen LogP contribution in [-0.2, 0) is 14.3 Å². The summed E-state index contributed by atoms with van der Waals surface area (Å²) < 4.78 is 4.72. The fraction of sp³-hybridized carbons (Fsp3) is 0.800. The maximum absolute atomic E-state index is 10.4. The molecule has 5 heteroatoms. The van der Waals surface area contributed by atoms with Crippen LogP contribution in [0.2, 0.25) is 0 Å². The lowest BCUT2D eigenvalue weighted by Crippen LogP contribution is -2.12. The molecule has 2 N–H and O–H groups in total. The van der Waals surface area contributed by atoms with Crippen LogP contribution in [0.3, 0.4) is 0 Å². The number of esters is 1. The molecule has 0 aromatic rings. The topological polar surface area (TPSA) is 83.8 Å². The van der Waals surface area contributed by atoms with E-state index in [1.54, 1.807) is 0 Å². The van der Waals surface area contributed by atoms with Gasteiger partial charge in [0.1, 0.15) is 0 Å². The number of hydrogen-bond donors (Lipinski definition) is 2. The van der Waals surface area contributed by atoms with E-state index in [9.17, 15) is 14.7 Å². The van der Waals surface area contributed by atoms with E-state index in [1.165, 1.54) is 6.92 Å². The maximum atomic E-state index is 10.4. The molecule has 1 unspecified atom stereocenters. The van der Waals surface area contributed by atoms with Gasteiger partial charge in [0.05, 0.1) is 19.1 Å². The summed E-state index contributed by atoms with van der Waals surface area (Å²) in [6.07, 6.45) is 1.83. The second kappa shape index (κ2) is 8.23. The first-order chi connectivity index (χ1) is 7.02. The molecule has 0 bridgehead atoms. The van der Waals surface area contributed by atoms with Gasteiger partial charge in [-0.15, -0.1) is 0 Å². The van der Waals surface area contributed by atoms with Crippen molar-refractivity contribution in [1.29, 1.82) is 0 Å². The van der Waals surface area contributed by atoms with E-state index in [2.05, 4.69) is 0 Å². The number of hydrogen-bond acceptors (Lipinski definition) is 4. The van der Waals surface area contributed by atoms with E-state index >= 15 is 0 Å². The highest BCUT2D eigenvalue weighted by Crippen LogP contribution is 2.06. The monoisotopic (exact) mass is 218 g/mol. The summed E-state index contributed by atoms with van der Waals surface area (Å²) in [5, 5.41) is 17.6. The lowest BCUT2D eigenvalue weighted by molar-refractivity contribution is -0.141. The van der Waals surface area contributed by atoms with Crippen LogP contribution >= 0.6 is 0 Å². The molecule has 0 heterocycles. The van der Waals surface area contributed by atoms with Crippen LogP contribution in [0, 0.1) is 0 Å². The normalized spacial score (nSPS) is 12.1. The van der Waals surface area contributed by atoms with Crippen LogP contribution in [0.25, 0.3) is 0 Å². The minimum atomic E-state index is -0.984. The lowest BCUT2D eigenvalue weighted by atomic mass is 10.1. The van der Waals surface area contributed by atoms with E-state index in [0.717, 1.165) is 19.3 Å². The molecule has 0 rings (SSSR count). The van der Waals surface area contributed by atoms with Crippen molar-refractivity contribution in [3.8, 4) is 0 Å². The standard InChI is InChI=1S/C10H18O5/c1-8(11)15-6-4-2-3-5-9(12)7-10(13)14/h9,12H,2-7H2,1H3,(H,13,14). The third-order valence-corrected chi connectivity index (χ3v) is 1.90. The summed E-state index contributed by atoms with van der Waals surface area (Å²) in [7, 11) is 0. The molecule has 15 heavy (non-hydrogen) atoms. The Hall–Kier alpha value is -1.10. The highest BCUT2D eigenvalue weighted by molar-refractivity contribution is 5.67. The molecule has 0 spiro atoms. The Morgan fingerprint density at radius 2 is 1.93 bits per heavy atom. The van der Waals surface area contributed by atoms with Gasteiger partial charge in [0.2, 0.25) is 0 Å². The number of carboxylic acids is 1. The first-order valence-electron chi connectivity index (χ1n) is 5.05. The van der Waals surface area contributed by atoms with Gasteiger partial charge in [-0.3, -0.25) is 9.59 Å². The molecule has 0 radical (unpaired) electrons. The molecule has 0 aliphatic carbocycles. The maximum Gasteiger partial charge on any atom is 0.305 e. The van der Waals surface area contributed by atoms with Crippen LogP contribution in [-0.4, -0.2) is 34.9 Å². The fourth-order valence-electron chi connectivity index (χ4n) is 1.18. The highest BCUT2D eigenvalue weighted by Gasteiger charge is 2.08. The van der Waals surface area contributed by atoms with Crippen LogP contribution in [0.15, 0.2) is 0 Å². The van der Waals surface area contributed by atoms with Gasteiger partial charge in [-0.25, -0.2) is 0 Å². The van der Waals surface area contributed by atoms with Gasteiger partial charge in [-0.05, 0) is 19.3 Å². The largest absolute Gasteiger partial charge is 0.481 e. The lowest BCUT2D eigenvalue weighted by Gasteiger charge is -2.07. The van der Waals surface area contributed by atoms with Gasteiger partial charge in [0.25, 0.3) is 0 Å². The van der Waals surface area contributed by atoms with Crippen molar-refractivity contribution < 1.29 is 24.5 Å². The number of aliphatic carboxylic acids is 1. The zero-order valence-electron chi connectivity index (χ0n) is 8.94. The summed E-state index contributed by atoms with van der Waals surface area (Å²) in [6.45, 7) is 1.75. The number of ether oxygens (including phenoxy) is 1. The number of aliphatic hydroxyl groups excluding tert-OH is 1. The Morgan fingerprint density at radius 1 is 1.27 bits per heavy atom. The van der Waals surface area contributed by atoms with Crippen molar-refractivity contribution in [2.45, 2.75) is 45.1 Å². The minimum Gasteiger partial charge on any atom is -0.481 e. The molecule has 0 amide bonds. The van der Waals surface area contributed by atoms with Crippen molar-refractivity contribution in [3.63, 3.8) is 0 Å². The third-order valence-electron chi connectivity index (χ3n) is 1.90. The van der Waals surface area contributed by atoms with Crippen LogP contribution in [0.5, 0.6) is 0 Å². The van der Waals surface area contributed by atoms with E-state index < -0.39 is 12.1 Å². The summed E-state index contributed by atoms with van der Waals surface area (Å²) in [4.78, 5) is 20.6. The van der Waals surface area contributed by atoms with Gasteiger partial charge in [0, 0.05) is 6.92 Å². The first-order valence-corrected chi connectivity index (χ1v) is 5.05. The molecule has 0 aromatic carbocycles. The van der Waals surface area contributed by atoms with Crippen molar-refractivity contribution in [3.05, 3.63) is 0 Å². The quantitative estimate of drug-likeness (QED) is 0.468. The Kier molecular flexibility index (Phi) is 7.62. The number of aliphatic hydroxyl groups is 1. The highest BCUT2D eigenvalue weighted by atomic mass is 16.5. The molecular formula is C10H18O5. The van der Waals surface area contributed by atoms with Crippen molar-refractivity contribution in [2.75, 3.05) is 6.61 Å². The Balaban J connectivity index is 3.23. The van der Waals surface area contributed by atoms with Gasteiger partial charge >= 0.3 is 11.9 Å². The second-order valence-corrected chi connectivity index (χ2v) is 3.44. The molecule has 0 saturated heterocycles. The number of carbonyl (C=O) groups excluding carboxylic acids is 1. The predicted molar refractivity (Wildman–Crippen MR) is 53.4 cm³/mol. The van der Waals surface area contributed by atoms with Gasteiger partial charge < -0.3 is 14.9 Å². The average Bonchev–Trinajstić information content (AvgIpc) is 2.09. The minimum absolute atomic E-state index is 0.204.